The largest absolute Gasteiger partial charge is 0.452 e. The number of ketones is 1. The lowest BCUT2D eigenvalue weighted by Crippen LogP contribution is -2.08. The summed E-state index contributed by atoms with van der Waals surface area (Å²) in [4.78, 5) is 23.8. The number of carbonyl (C=O) groups is 2. The second-order valence-corrected chi connectivity index (χ2v) is 5.18. The Hall–Kier alpha value is -3.14. The average Bonchev–Trinajstić information content (AvgIpc) is 2.84. The van der Waals surface area contributed by atoms with Crippen molar-refractivity contribution in [2.75, 3.05) is 0 Å². The fourth-order valence-electron chi connectivity index (χ4n) is 2.15. The SMILES string of the molecule is C=C(C)C(=O)Oc1cccc(/C=C2\Oc3ccccc3C2=O)c1. The van der Waals surface area contributed by atoms with E-state index in [0.717, 1.165) is 0 Å². The molecule has 0 atom stereocenters. The molecule has 4 heteroatoms. The molecule has 1 aliphatic heterocycles. The third kappa shape index (κ3) is 3.06. The highest BCUT2D eigenvalue weighted by Gasteiger charge is 2.26. The van der Waals surface area contributed by atoms with Gasteiger partial charge in [0.1, 0.15) is 11.5 Å². The average molecular weight is 306 g/mol. The minimum Gasteiger partial charge on any atom is -0.452 e. The van der Waals surface area contributed by atoms with Crippen molar-refractivity contribution in [1.29, 1.82) is 0 Å². The van der Waals surface area contributed by atoms with Gasteiger partial charge in [-0.15, -0.1) is 0 Å². The third-order valence-corrected chi connectivity index (χ3v) is 3.29. The molecule has 23 heavy (non-hydrogen) atoms. The Morgan fingerprint density at radius 1 is 1.17 bits per heavy atom. The zero-order valence-electron chi connectivity index (χ0n) is 12.5. The van der Waals surface area contributed by atoms with Gasteiger partial charge in [-0.25, -0.2) is 4.79 Å². The van der Waals surface area contributed by atoms with Gasteiger partial charge in [-0.1, -0.05) is 30.8 Å². The van der Waals surface area contributed by atoms with Gasteiger partial charge in [0, 0.05) is 5.57 Å². The van der Waals surface area contributed by atoms with Gasteiger partial charge in [0.15, 0.2) is 5.76 Å². The van der Waals surface area contributed by atoms with Crippen molar-refractivity contribution in [2.45, 2.75) is 6.92 Å². The molecule has 0 unspecified atom stereocenters. The molecule has 2 aromatic carbocycles. The highest BCUT2D eigenvalue weighted by molar-refractivity contribution is 6.14. The fourth-order valence-corrected chi connectivity index (χ4v) is 2.15. The van der Waals surface area contributed by atoms with Gasteiger partial charge in [-0.3, -0.25) is 4.79 Å². The number of carbonyl (C=O) groups excluding carboxylic acids is 2. The van der Waals surface area contributed by atoms with E-state index in [-0.39, 0.29) is 11.5 Å². The number of ether oxygens (including phenoxy) is 2. The molecular formula is C19H14O4. The number of hydrogen-bond acceptors (Lipinski definition) is 4. The van der Waals surface area contributed by atoms with Crippen LogP contribution in [0.3, 0.4) is 0 Å². The molecular weight excluding hydrogens is 292 g/mol. The Kier molecular flexibility index (Phi) is 3.81. The Morgan fingerprint density at radius 2 is 1.96 bits per heavy atom. The highest BCUT2D eigenvalue weighted by atomic mass is 16.5. The van der Waals surface area contributed by atoms with E-state index in [0.29, 0.717) is 28.2 Å². The van der Waals surface area contributed by atoms with E-state index in [2.05, 4.69) is 6.58 Å². The maximum Gasteiger partial charge on any atom is 0.338 e. The molecule has 3 rings (SSSR count). The number of para-hydroxylation sites is 1. The number of fused-ring (bicyclic) bond motifs is 1. The Bertz CT molecular complexity index is 846. The topological polar surface area (TPSA) is 52.6 Å². The van der Waals surface area contributed by atoms with Gasteiger partial charge in [0.05, 0.1) is 5.56 Å². The lowest BCUT2D eigenvalue weighted by molar-refractivity contribution is -0.130. The summed E-state index contributed by atoms with van der Waals surface area (Å²) in [6.07, 6.45) is 1.63. The second kappa shape index (κ2) is 5.93. The normalized spacial score (nSPS) is 14.3. The summed E-state index contributed by atoms with van der Waals surface area (Å²) >= 11 is 0. The van der Waals surface area contributed by atoms with Crippen molar-refractivity contribution < 1.29 is 19.1 Å². The predicted octanol–water partition coefficient (Wildman–Crippen LogP) is 3.78. The van der Waals surface area contributed by atoms with Crippen LogP contribution in [0.4, 0.5) is 0 Å². The minimum atomic E-state index is -0.490. The molecule has 1 heterocycles. The van der Waals surface area contributed by atoms with Gasteiger partial charge in [0.25, 0.3) is 0 Å². The van der Waals surface area contributed by atoms with Crippen molar-refractivity contribution in [1.82, 2.24) is 0 Å². The van der Waals surface area contributed by atoms with Crippen molar-refractivity contribution in [2.24, 2.45) is 0 Å². The van der Waals surface area contributed by atoms with E-state index in [1.54, 1.807) is 55.5 Å². The first-order chi connectivity index (χ1) is 11.0. The van der Waals surface area contributed by atoms with Crippen LogP contribution in [0.1, 0.15) is 22.8 Å². The summed E-state index contributed by atoms with van der Waals surface area (Å²) in [5.41, 5.74) is 1.57. The van der Waals surface area contributed by atoms with Gasteiger partial charge >= 0.3 is 5.97 Å². The van der Waals surface area contributed by atoms with E-state index in [1.165, 1.54) is 0 Å². The number of Topliss-reactive ketones (excluding diaryl/α,β-unsaturated/α-hetero) is 1. The summed E-state index contributed by atoms with van der Waals surface area (Å²) in [5, 5.41) is 0. The first-order valence-electron chi connectivity index (χ1n) is 7.05. The summed E-state index contributed by atoms with van der Waals surface area (Å²) in [7, 11) is 0. The second-order valence-electron chi connectivity index (χ2n) is 5.18. The van der Waals surface area contributed by atoms with Crippen molar-refractivity contribution in [3.63, 3.8) is 0 Å². The summed E-state index contributed by atoms with van der Waals surface area (Å²) in [6, 6.07) is 13.9. The first-order valence-corrected chi connectivity index (χ1v) is 7.05. The molecule has 114 valence electrons. The number of esters is 1. The van der Waals surface area contributed by atoms with Crippen LogP contribution in [0.25, 0.3) is 6.08 Å². The monoisotopic (exact) mass is 306 g/mol. The van der Waals surface area contributed by atoms with Crippen LogP contribution in [-0.4, -0.2) is 11.8 Å². The Morgan fingerprint density at radius 3 is 2.70 bits per heavy atom. The minimum absolute atomic E-state index is 0.162. The number of benzene rings is 2. The van der Waals surface area contributed by atoms with E-state index in [1.807, 2.05) is 6.07 Å². The maximum absolute atomic E-state index is 12.3. The first kappa shape index (κ1) is 14.8. The van der Waals surface area contributed by atoms with Crippen molar-refractivity contribution >= 4 is 17.8 Å². The molecule has 0 saturated carbocycles. The summed E-state index contributed by atoms with van der Waals surface area (Å²) in [6.45, 7) is 5.12. The predicted molar refractivity (Wildman–Crippen MR) is 86.3 cm³/mol. The van der Waals surface area contributed by atoms with Crippen LogP contribution >= 0.6 is 0 Å². The molecule has 0 N–H and O–H groups in total. The Labute approximate surface area is 133 Å². The van der Waals surface area contributed by atoms with Crippen LogP contribution in [0.15, 0.2) is 66.4 Å². The fraction of sp³-hybridized carbons (Fsp3) is 0.0526. The molecule has 0 amide bonds. The zero-order chi connectivity index (χ0) is 16.4. The van der Waals surface area contributed by atoms with Crippen molar-refractivity contribution in [3.8, 4) is 11.5 Å². The van der Waals surface area contributed by atoms with Gasteiger partial charge in [0.2, 0.25) is 5.78 Å². The van der Waals surface area contributed by atoms with Crippen LogP contribution in [-0.2, 0) is 4.79 Å². The van der Waals surface area contributed by atoms with Crippen LogP contribution < -0.4 is 9.47 Å². The quantitative estimate of drug-likeness (QED) is 0.492. The van der Waals surface area contributed by atoms with Gasteiger partial charge in [-0.05, 0) is 42.8 Å². The lowest BCUT2D eigenvalue weighted by atomic mass is 10.1. The Balaban J connectivity index is 1.85. The molecule has 4 nitrogen and oxygen atoms in total. The molecule has 0 bridgehead atoms. The smallest absolute Gasteiger partial charge is 0.338 e. The molecule has 0 aliphatic carbocycles. The third-order valence-electron chi connectivity index (χ3n) is 3.29. The van der Waals surface area contributed by atoms with Gasteiger partial charge < -0.3 is 9.47 Å². The van der Waals surface area contributed by atoms with Gasteiger partial charge in [-0.2, -0.15) is 0 Å². The van der Waals surface area contributed by atoms with Crippen LogP contribution in [0, 0.1) is 0 Å². The lowest BCUT2D eigenvalue weighted by Gasteiger charge is -2.05. The van der Waals surface area contributed by atoms with Crippen LogP contribution in [0.5, 0.6) is 11.5 Å². The van der Waals surface area contributed by atoms with Crippen molar-refractivity contribution in [3.05, 3.63) is 77.6 Å². The summed E-state index contributed by atoms with van der Waals surface area (Å²) < 4.78 is 10.7. The number of allylic oxidation sites excluding steroid dienone is 1. The van der Waals surface area contributed by atoms with Crippen LogP contribution in [0.2, 0.25) is 0 Å². The molecule has 0 saturated heterocycles. The van der Waals surface area contributed by atoms with E-state index in [4.69, 9.17) is 9.47 Å². The summed E-state index contributed by atoms with van der Waals surface area (Å²) in [5.74, 6) is 0.527. The van der Waals surface area contributed by atoms with E-state index in [9.17, 15) is 9.59 Å². The maximum atomic E-state index is 12.3. The highest BCUT2D eigenvalue weighted by Crippen LogP contribution is 2.31. The number of hydrogen-bond donors (Lipinski definition) is 0. The molecule has 0 fully saturated rings. The van der Waals surface area contributed by atoms with E-state index < -0.39 is 5.97 Å². The molecule has 0 spiro atoms. The molecule has 1 aliphatic rings. The van der Waals surface area contributed by atoms with E-state index >= 15 is 0 Å². The molecule has 0 aromatic heterocycles. The zero-order valence-corrected chi connectivity index (χ0v) is 12.5. The number of rotatable bonds is 3. The standard InChI is InChI=1S/C19H14O4/c1-12(2)19(21)22-14-7-5-6-13(10-14)11-17-18(20)15-8-3-4-9-16(15)23-17/h3-11H,1H2,2H3/b17-11-. The molecule has 0 radical (unpaired) electrons. The molecule has 2 aromatic rings.